The van der Waals surface area contributed by atoms with Gasteiger partial charge in [-0.1, -0.05) is 0 Å². The van der Waals surface area contributed by atoms with Crippen molar-refractivity contribution in [3.63, 3.8) is 0 Å². The Morgan fingerprint density at radius 2 is 2.36 bits per heavy atom. The molecule has 1 aromatic heterocycles. The van der Waals surface area contributed by atoms with Crippen LogP contribution in [0.1, 0.15) is 16.1 Å². The lowest BCUT2D eigenvalue weighted by molar-refractivity contribution is -0.112. The number of primary amides is 1. The molecule has 0 aliphatic carbocycles. The molecule has 0 atom stereocenters. The topological polar surface area (TPSA) is 73.1 Å². The minimum Gasteiger partial charge on any atom is -0.359 e. The van der Waals surface area contributed by atoms with Gasteiger partial charge in [-0.15, -0.1) is 0 Å². The molecule has 1 amide bonds. The Morgan fingerprint density at radius 3 is 2.93 bits per heavy atom. The molecule has 0 aromatic carbocycles. The van der Waals surface area contributed by atoms with Crippen LogP contribution in [0.4, 0.5) is 4.39 Å². The van der Waals surface area contributed by atoms with Gasteiger partial charge in [0.1, 0.15) is 5.69 Å². The van der Waals surface area contributed by atoms with E-state index < -0.39 is 11.7 Å². The smallest absolute Gasteiger partial charge is 0.293 e. The molecule has 0 bridgehead atoms. The average Bonchev–Trinajstić information content (AvgIpc) is 2.16. The molecule has 2 N–H and O–H groups in total. The highest BCUT2D eigenvalue weighted by Crippen LogP contribution is 2.03. The van der Waals surface area contributed by atoms with Crippen LogP contribution in [-0.4, -0.2) is 17.2 Å². The number of rotatable bonds is 1. The molecule has 0 unspecified atom stereocenters. The molecule has 70 valence electrons. The fraction of sp³-hybridized carbons (Fsp3) is 0. The number of hydrogen-bond acceptors (Lipinski definition) is 3. The zero-order valence-corrected chi connectivity index (χ0v) is 6.95. The number of hydrogen-bond donors (Lipinski definition) is 1. The zero-order valence-electron chi connectivity index (χ0n) is 6.95. The van der Waals surface area contributed by atoms with E-state index in [9.17, 15) is 14.0 Å². The molecule has 0 saturated carbocycles. The van der Waals surface area contributed by atoms with Gasteiger partial charge in [-0.25, -0.2) is 9.37 Å². The van der Waals surface area contributed by atoms with Crippen molar-refractivity contribution < 1.29 is 14.0 Å². The van der Waals surface area contributed by atoms with Crippen molar-refractivity contribution in [3.05, 3.63) is 29.3 Å². The van der Waals surface area contributed by atoms with Crippen LogP contribution in [0.3, 0.4) is 0 Å². The molecule has 0 aliphatic heterocycles. The first kappa shape index (κ1) is 9.86. The van der Waals surface area contributed by atoms with Crippen LogP contribution in [0.5, 0.6) is 0 Å². The largest absolute Gasteiger partial charge is 0.359 e. The van der Waals surface area contributed by atoms with Gasteiger partial charge in [0, 0.05) is 5.92 Å². The average molecular weight is 192 g/mol. The molecule has 0 fully saturated rings. The van der Waals surface area contributed by atoms with Crippen molar-refractivity contribution in [2.24, 2.45) is 5.73 Å². The van der Waals surface area contributed by atoms with E-state index in [0.717, 1.165) is 12.3 Å². The molecule has 0 saturated heterocycles. The monoisotopic (exact) mass is 192 g/mol. The molecule has 14 heavy (non-hydrogen) atoms. The maximum atomic E-state index is 12.7. The maximum Gasteiger partial charge on any atom is 0.293 e. The minimum atomic E-state index is -0.816. The number of aromatic nitrogens is 1. The van der Waals surface area contributed by atoms with E-state index in [4.69, 9.17) is 5.73 Å². The summed E-state index contributed by atoms with van der Waals surface area (Å²) in [6.07, 6.45) is 1.20. The number of carbonyl (C=O) groups is 2. The first-order chi connectivity index (χ1) is 6.63. The van der Waals surface area contributed by atoms with Gasteiger partial charge in [0.15, 0.2) is 12.1 Å². The molecule has 0 aliphatic rings. The third kappa shape index (κ3) is 2.38. The van der Waals surface area contributed by atoms with E-state index in [1.165, 1.54) is 0 Å². The van der Waals surface area contributed by atoms with Crippen molar-refractivity contribution in [2.75, 3.05) is 0 Å². The van der Waals surface area contributed by atoms with Gasteiger partial charge in [-0.05, 0) is 12.0 Å². The lowest BCUT2D eigenvalue weighted by Crippen LogP contribution is -2.06. The third-order valence-corrected chi connectivity index (χ3v) is 1.33. The second kappa shape index (κ2) is 4.14. The van der Waals surface area contributed by atoms with Crippen LogP contribution in [0, 0.1) is 17.7 Å². The Morgan fingerprint density at radius 1 is 1.64 bits per heavy atom. The predicted molar refractivity (Wildman–Crippen MR) is 45.7 cm³/mol. The van der Waals surface area contributed by atoms with Gasteiger partial charge in [-0.3, -0.25) is 9.59 Å². The van der Waals surface area contributed by atoms with Crippen LogP contribution >= 0.6 is 0 Å². The van der Waals surface area contributed by atoms with Crippen molar-refractivity contribution in [1.29, 1.82) is 0 Å². The molecular formula is C9H5FN2O2. The van der Waals surface area contributed by atoms with Gasteiger partial charge in [0.2, 0.25) is 0 Å². The Kier molecular flexibility index (Phi) is 2.92. The highest BCUT2D eigenvalue weighted by Gasteiger charge is 2.01. The molecular weight excluding hydrogens is 187 g/mol. The number of carbonyl (C=O) groups excluding carboxylic acids is 2. The zero-order chi connectivity index (χ0) is 10.6. The van der Waals surface area contributed by atoms with E-state index in [2.05, 4.69) is 10.9 Å². The SMILES string of the molecule is NC(=O)C#Cc1cc(C=O)c(F)cn1. The Balaban J connectivity index is 3.09. The number of halogens is 1. The van der Waals surface area contributed by atoms with E-state index in [0.29, 0.717) is 6.29 Å². The number of nitrogens with two attached hydrogens (primary N) is 1. The van der Waals surface area contributed by atoms with Crippen LogP contribution in [0.2, 0.25) is 0 Å². The summed E-state index contributed by atoms with van der Waals surface area (Å²) in [5.74, 6) is 2.76. The molecule has 0 radical (unpaired) electrons. The number of aldehydes is 1. The van der Waals surface area contributed by atoms with Crippen molar-refractivity contribution >= 4 is 12.2 Å². The Labute approximate surface area is 78.9 Å². The second-order valence-electron chi connectivity index (χ2n) is 2.32. The van der Waals surface area contributed by atoms with Crippen LogP contribution in [0.15, 0.2) is 12.3 Å². The Bertz CT molecular complexity index is 446. The highest BCUT2D eigenvalue weighted by molar-refractivity contribution is 5.92. The summed E-state index contributed by atoms with van der Waals surface area (Å²) in [6.45, 7) is 0. The molecule has 1 rings (SSSR count). The fourth-order valence-electron chi connectivity index (χ4n) is 0.739. The lowest BCUT2D eigenvalue weighted by Gasteiger charge is -1.93. The molecule has 5 heteroatoms. The van der Waals surface area contributed by atoms with Crippen LogP contribution in [-0.2, 0) is 4.79 Å². The summed E-state index contributed by atoms with van der Waals surface area (Å²) in [6, 6.07) is 1.14. The van der Waals surface area contributed by atoms with Gasteiger partial charge in [0.05, 0.1) is 11.8 Å². The van der Waals surface area contributed by atoms with E-state index in [-0.39, 0.29) is 11.3 Å². The molecule has 0 spiro atoms. The van der Waals surface area contributed by atoms with Gasteiger partial charge >= 0.3 is 0 Å². The summed E-state index contributed by atoms with van der Waals surface area (Å²) in [5.41, 5.74) is 4.72. The summed E-state index contributed by atoms with van der Waals surface area (Å²) < 4.78 is 12.7. The summed E-state index contributed by atoms with van der Waals surface area (Å²) in [7, 11) is 0. The predicted octanol–water partition coefficient (Wildman–Crippen LogP) is -0.130. The van der Waals surface area contributed by atoms with Gasteiger partial charge in [-0.2, -0.15) is 0 Å². The summed E-state index contributed by atoms with van der Waals surface area (Å²) in [4.78, 5) is 24.1. The summed E-state index contributed by atoms with van der Waals surface area (Å²) in [5, 5.41) is 0. The molecule has 4 nitrogen and oxygen atoms in total. The first-order valence-corrected chi connectivity index (χ1v) is 3.55. The van der Waals surface area contributed by atoms with Crippen molar-refractivity contribution in [2.45, 2.75) is 0 Å². The Hall–Kier alpha value is -2.22. The lowest BCUT2D eigenvalue weighted by atomic mass is 10.2. The van der Waals surface area contributed by atoms with Crippen molar-refractivity contribution in [3.8, 4) is 11.8 Å². The summed E-state index contributed by atoms with van der Waals surface area (Å²) >= 11 is 0. The minimum absolute atomic E-state index is 0.118. The van der Waals surface area contributed by atoms with Crippen LogP contribution in [0.25, 0.3) is 0 Å². The van der Waals surface area contributed by atoms with Crippen LogP contribution < -0.4 is 5.73 Å². The standard InChI is InChI=1S/C9H5FN2O2/c10-8-4-12-7(1-2-9(11)14)3-6(8)5-13/h3-5H,(H2,11,14). The second-order valence-corrected chi connectivity index (χ2v) is 2.32. The number of nitrogens with zero attached hydrogens (tertiary/aromatic N) is 1. The highest BCUT2D eigenvalue weighted by atomic mass is 19.1. The maximum absolute atomic E-state index is 12.7. The number of pyridine rings is 1. The van der Waals surface area contributed by atoms with Gasteiger partial charge in [0.25, 0.3) is 5.91 Å². The van der Waals surface area contributed by atoms with E-state index >= 15 is 0 Å². The van der Waals surface area contributed by atoms with Crippen molar-refractivity contribution in [1.82, 2.24) is 4.98 Å². The van der Waals surface area contributed by atoms with E-state index in [1.807, 2.05) is 5.92 Å². The van der Waals surface area contributed by atoms with Gasteiger partial charge < -0.3 is 5.73 Å². The normalized spacial score (nSPS) is 8.64. The molecule has 1 heterocycles. The third-order valence-electron chi connectivity index (χ3n) is 1.33. The quantitative estimate of drug-likeness (QED) is 0.497. The molecule has 1 aromatic rings. The first-order valence-electron chi connectivity index (χ1n) is 3.55. The fourth-order valence-corrected chi connectivity index (χ4v) is 0.739. The van der Waals surface area contributed by atoms with E-state index in [1.54, 1.807) is 0 Å². The number of amides is 1.